The van der Waals surface area contributed by atoms with Crippen LogP contribution in [0.2, 0.25) is 0 Å². The van der Waals surface area contributed by atoms with Crippen molar-refractivity contribution >= 4 is 0 Å². The van der Waals surface area contributed by atoms with Crippen LogP contribution < -0.4 is 5.73 Å². The van der Waals surface area contributed by atoms with Gasteiger partial charge in [0.15, 0.2) is 0 Å². The molecule has 9 atom stereocenters. The van der Waals surface area contributed by atoms with Gasteiger partial charge in [-0.2, -0.15) is 0 Å². The number of fused-ring (bicyclic) bond motifs is 5. The SMILES string of the molecule is CCCCCCCCOC[C@H](N)COCCCCOC1CC[C@@]2(C)C(=CC[C@H]3[C@@H]4CC[C@H]([C@H](C)CCCC(C)C)[C@@]4(C)CC[C@@H]32)C1. The van der Waals surface area contributed by atoms with Crippen molar-refractivity contribution in [3.8, 4) is 0 Å². The van der Waals surface area contributed by atoms with E-state index < -0.39 is 0 Å². The second-order valence-electron chi connectivity index (χ2n) is 17.4. The Bertz CT molecular complexity index is 888. The molecule has 0 aromatic heterocycles. The summed E-state index contributed by atoms with van der Waals surface area (Å²) in [5.74, 6) is 5.44. The van der Waals surface area contributed by atoms with Crippen LogP contribution in [-0.4, -0.2) is 45.2 Å². The number of hydrogen-bond acceptors (Lipinski definition) is 4. The molecule has 0 amide bonds. The van der Waals surface area contributed by atoms with Crippen LogP contribution in [0.3, 0.4) is 0 Å². The van der Waals surface area contributed by atoms with Gasteiger partial charge in [-0.25, -0.2) is 0 Å². The lowest BCUT2D eigenvalue weighted by Crippen LogP contribution is -2.51. The minimum atomic E-state index is -0.0209. The molecule has 0 radical (unpaired) electrons. The fourth-order valence-electron chi connectivity index (χ4n) is 10.9. The summed E-state index contributed by atoms with van der Waals surface area (Å²) < 4.78 is 18.1. The molecule has 4 aliphatic rings. The summed E-state index contributed by atoms with van der Waals surface area (Å²) in [5.41, 5.74) is 8.93. The van der Waals surface area contributed by atoms with Gasteiger partial charge >= 0.3 is 0 Å². The van der Waals surface area contributed by atoms with Gasteiger partial charge in [0.05, 0.1) is 25.4 Å². The first-order chi connectivity index (χ1) is 22.2. The molecule has 4 aliphatic carbocycles. The minimum absolute atomic E-state index is 0.0209. The molecule has 0 spiro atoms. The number of allylic oxidation sites excluding steroid dienone is 1. The van der Waals surface area contributed by atoms with Gasteiger partial charge in [-0.1, -0.05) is 105 Å². The van der Waals surface area contributed by atoms with E-state index in [1.807, 2.05) is 0 Å². The molecule has 2 N–H and O–H groups in total. The van der Waals surface area contributed by atoms with Crippen LogP contribution in [0.4, 0.5) is 0 Å². The monoisotopic (exact) mass is 644 g/mol. The van der Waals surface area contributed by atoms with Gasteiger partial charge in [-0.3, -0.25) is 0 Å². The first-order valence-electron chi connectivity index (χ1n) is 20.4. The Balaban J connectivity index is 1.10. The molecule has 1 unspecified atom stereocenters. The molecule has 0 aromatic carbocycles. The maximum Gasteiger partial charge on any atom is 0.0640 e. The van der Waals surface area contributed by atoms with E-state index in [2.05, 4.69) is 47.6 Å². The Morgan fingerprint density at radius 1 is 0.783 bits per heavy atom. The maximum atomic E-state index is 6.48. The van der Waals surface area contributed by atoms with Crippen molar-refractivity contribution in [3.05, 3.63) is 11.6 Å². The van der Waals surface area contributed by atoms with Crippen molar-refractivity contribution in [1.82, 2.24) is 0 Å². The highest BCUT2D eigenvalue weighted by Gasteiger charge is 2.59. The third kappa shape index (κ3) is 10.3. The van der Waals surface area contributed by atoms with Gasteiger partial charge in [-0.15, -0.1) is 0 Å². The number of unbranched alkanes of at least 4 members (excludes halogenated alkanes) is 6. The molecule has 3 fully saturated rings. The fourth-order valence-corrected chi connectivity index (χ4v) is 10.9. The number of hydrogen-bond donors (Lipinski definition) is 1. The third-order valence-electron chi connectivity index (χ3n) is 13.6. The lowest BCUT2D eigenvalue weighted by atomic mass is 9.47. The second kappa shape index (κ2) is 19.1. The van der Waals surface area contributed by atoms with E-state index >= 15 is 0 Å². The van der Waals surface area contributed by atoms with E-state index in [1.54, 1.807) is 5.57 Å². The van der Waals surface area contributed by atoms with Crippen LogP contribution in [0.15, 0.2) is 11.6 Å². The van der Waals surface area contributed by atoms with Crippen LogP contribution in [0.1, 0.15) is 164 Å². The summed E-state index contributed by atoms with van der Waals surface area (Å²) in [4.78, 5) is 0. The van der Waals surface area contributed by atoms with Crippen molar-refractivity contribution in [1.29, 1.82) is 0 Å². The Hall–Kier alpha value is -0.420. The molecule has 0 bridgehead atoms. The third-order valence-corrected chi connectivity index (χ3v) is 13.6. The minimum Gasteiger partial charge on any atom is -0.380 e. The van der Waals surface area contributed by atoms with E-state index in [1.165, 1.54) is 103 Å². The predicted molar refractivity (Wildman–Crippen MR) is 195 cm³/mol. The van der Waals surface area contributed by atoms with E-state index in [-0.39, 0.29) is 6.04 Å². The standard InChI is InChI=1S/C42H77NO3/c1-7-8-9-10-11-12-26-44-30-35(43)31-45-27-13-14-28-46-36-22-24-41(5)34(29-36)18-19-37-39-21-20-38(33(4)17-15-16-32(2)3)42(39,6)25-23-40(37)41/h18,32-33,35-40H,7-17,19-31,43H2,1-6H3/t33-,35+,36?,37+,38-,39+,40+,41+,42-/m1/s1. The highest BCUT2D eigenvalue weighted by atomic mass is 16.5. The molecule has 0 aliphatic heterocycles. The Labute approximate surface area is 286 Å². The first-order valence-corrected chi connectivity index (χ1v) is 20.4. The molecule has 4 rings (SSSR count). The van der Waals surface area contributed by atoms with Crippen LogP contribution >= 0.6 is 0 Å². The van der Waals surface area contributed by atoms with E-state index in [0.717, 1.165) is 74.6 Å². The molecule has 4 heteroatoms. The van der Waals surface area contributed by atoms with Gasteiger partial charge in [-0.05, 0) is 117 Å². The lowest BCUT2D eigenvalue weighted by molar-refractivity contribution is -0.0643. The van der Waals surface area contributed by atoms with Gasteiger partial charge in [0, 0.05) is 19.8 Å². The molecule has 0 aromatic rings. The lowest BCUT2D eigenvalue weighted by Gasteiger charge is -2.58. The number of ether oxygens (including phenoxy) is 3. The molecule has 0 saturated heterocycles. The second-order valence-corrected chi connectivity index (χ2v) is 17.4. The molecule has 4 nitrogen and oxygen atoms in total. The summed E-state index contributed by atoms with van der Waals surface area (Å²) in [6.07, 6.45) is 28.2. The predicted octanol–water partition coefficient (Wildman–Crippen LogP) is 10.9. The summed E-state index contributed by atoms with van der Waals surface area (Å²) in [6.45, 7) is 18.6. The molecular weight excluding hydrogens is 566 g/mol. The highest BCUT2D eigenvalue weighted by Crippen LogP contribution is 2.67. The van der Waals surface area contributed by atoms with E-state index in [0.29, 0.717) is 30.1 Å². The fraction of sp³-hybridized carbons (Fsp3) is 0.952. The van der Waals surface area contributed by atoms with Crippen molar-refractivity contribution in [2.24, 2.45) is 52.1 Å². The van der Waals surface area contributed by atoms with Crippen molar-refractivity contribution in [2.45, 2.75) is 176 Å². The number of nitrogens with two attached hydrogens (primary N) is 1. The van der Waals surface area contributed by atoms with E-state index in [4.69, 9.17) is 19.9 Å². The Kier molecular flexibility index (Phi) is 15.9. The van der Waals surface area contributed by atoms with Crippen LogP contribution in [0.5, 0.6) is 0 Å². The number of rotatable bonds is 22. The first kappa shape index (κ1) is 38.4. The summed E-state index contributed by atoms with van der Waals surface area (Å²) >= 11 is 0. The highest BCUT2D eigenvalue weighted by molar-refractivity contribution is 5.25. The van der Waals surface area contributed by atoms with Crippen LogP contribution in [0.25, 0.3) is 0 Å². The van der Waals surface area contributed by atoms with Crippen molar-refractivity contribution in [2.75, 3.05) is 33.0 Å². The van der Waals surface area contributed by atoms with Crippen LogP contribution in [0, 0.1) is 46.3 Å². The average Bonchev–Trinajstić information content (AvgIpc) is 3.39. The zero-order valence-corrected chi connectivity index (χ0v) is 31.5. The van der Waals surface area contributed by atoms with Crippen molar-refractivity contribution in [3.63, 3.8) is 0 Å². The summed E-state index contributed by atoms with van der Waals surface area (Å²) in [7, 11) is 0. The van der Waals surface area contributed by atoms with Gasteiger partial charge in [0.25, 0.3) is 0 Å². The van der Waals surface area contributed by atoms with Gasteiger partial charge < -0.3 is 19.9 Å². The zero-order chi connectivity index (χ0) is 33.0. The Morgan fingerprint density at radius 2 is 1.48 bits per heavy atom. The smallest absolute Gasteiger partial charge is 0.0640 e. The Morgan fingerprint density at radius 3 is 2.22 bits per heavy atom. The quantitative estimate of drug-likeness (QED) is 0.0942. The topological polar surface area (TPSA) is 53.7 Å². The van der Waals surface area contributed by atoms with Crippen LogP contribution in [-0.2, 0) is 14.2 Å². The normalized spacial score (nSPS) is 33.7. The maximum absolute atomic E-state index is 6.48. The van der Waals surface area contributed by atoms with Gasteiger partial charge in [0.2, 0.25) is 0 Å². The van der Waals surface area contributed by atoms with Gasteiger partial charge in [0.1, 0.15) is 0 Å². The van der Waals surface area contributed by atoms with Crippen molar-refractivity contribution < 1.29 is 14.2 Å². The van der Waals surface area contributed by atoms with E-state index in [9.17, 15) is 0 Å². The largest absolute Gasteiger partial charge is 0.380 e. The summed E-state index contributed by atoms with van der Waals surface area (Å²) in [5, 5.41) is 0. The zero-order valence-electron chi connectivity index (χ0n) is 31.5. The molecule has 3 saturated carbocycles. The molecule has 268 valence electrons. The molecule has 0 heterocycles. The summed E-state index contributed by atoms with van der Waals surface area (Å²) in [6, 6.07) is -0.0209. The average molecular weight is 644 g/mol. The molecular formula is C42H77NO3. The molecule has 46 heavy (non-hydrogen) atoms.